The maximum atomic E-state index is 13.5. The molecule has 2 N–H and O–H groups in total. The van der Waals surface area contributed by atoms with E-state index in [-0.39, 0.29) is 24.5 Å². The molecule has 35 heavy (non-hydrogen) atoms. The first-order valence-corrected chi connectivity index (χ1v) is 12.0. The van der Waals surface area contributed by atoms with Gasteiger partial charge in [0.2, 0.25) is 10.0 Å². The van der Waals surface area contributed by atoms with Crippen molar-refractivity contribution in [2.24, 2.45) is 0 Å². The Hall–Kier alpha value is -4.09. The molecule has 2 heterocycles. The highest BCUT2D eigenvalue weighted by Gasteiger charge is 2.25. The van der Waals surface area contributed by atoms with Crippen LogP contribution in [0.2, 0.25) is 0 Å². The third-order valence-electron chi connectivity index (χ3n) is 5.08. The average molecular weight is 496 g/mol. The Kier molecular flexibility index (Phi) is 7.18. The van der Waals surface area contributed by atoms with Gasteiger partial charge in [-0.2, -0.15) is 9.40 Å². The number of halogens is 1. The van der Waals surface area contributed by atoms with Gasteiger partial charge >= 0.3 is 5.97 Å². The van der Waals surface area contributed by atoms with Crippen LogP contribution in [0.1, 0.15) is 11.3 Å². The molecule has 2 aromatic carbocycles. The molecule has 0 spiro atoms. The number of pyridine rings is 1. The fraction of sp³-hybridized carbons (Fsp3) is 0.125. The maximum Gasteiger partial charge on any atom is 0.322 e. The van der Waals surface area contributed by atoms with Gasteiger partial charge in [-0.1, -0.05) is 18.2 Å². The van der Waals surface area contributed by atoms with E-state index in [9.17, 15) is 17.6 Å². The fourth-order valence-corrected chi connectivity index (χ4v) is 4.77. The second kappa shape index (κ2) is 10.5. The van der Waals surface area contributed by atoms with Gasteiger partial charge in [-0.15, -0.1) is 0 Å². The van der Waals surface area contributed by atoms with Crippen molar-refractivity contribution in [3.8, 4) is 5.69 Å². The molecule has 0 aliphatic rings. The Morgan fingerprint density at radius 2 is 1.74 bits per heavy atom. The zero-order valence-electron chi connectivity index (χ0n) is 18.5. The van der Waals surface area contributed by atoms with Crippen LogP contribution in [0.25, 0.3) is 5.69 Å². The van der Waals surface area contributed by atoms with E-state index in [4.69, 9.17) is 5.11 Å². The molecule has 0 aliphatic carbocycles. The van der Waals surface area contributed by atoms with Gasteiger partial charge in [-0.25, -0.2) is 22.5 Å². The summed E-state index contributed by atoms with van der Waals surface area (Å²) in [4.78, 5) is 15.1. The molecule has 4 aromatic rings. The average Bonchev–Trinajstić information content (AvgIpc) is 3.38. The number of hydrogen-bond acceptors (Lipinski definition) is 6. The molecule has 0 radical (unpaired) electrons. The van der Waals surface area contributed by atoms with Crippen molar-refractivity contribution >= 4 is 21.8 Å². The number of aromatic nitrogens is 3. The lowest BCUT2D eigenvalue weighted by molar-refractivity contribution is -0.134. The molecule has 0 bridgehead atoms. The number of carboxylic acid groups (broad SMARTS) is 1. The summed E-state index contributed by atoms with van der Waals surface area (Å²) >= 11 is 0. The molecule has 2 aromatic heterocycles. The van der Waals surface area contributed by atoms with E-state index in [1.807, 2.05) is 24.3 Å². The normalized spacial score (nSPS) is 11.5. The zero-order valence-corrected chi connectivity index (χ0v) is 19.3. The Labute approximate surface area is 201 Å². The van der Waals surface area contributed by atoms with Crippen molar-refractivity contribution in [2.45, 2.75) is 18.0 Å². The number of aliphatic carboxylic acids is 1. The molecule has 180 valence electrons. The lowest BCUT2D eigenvalue weighted by atomic mass is 10.2. The number of benzene rings is 2. The summed E-state index contributed by atoms with van der Waals surface area (Å²) in [5.41, 5.74) is 1.97. The second-order valence-electron chi connectivity index (χ2n) is 7.61. The van der Waals surface area contributed by atoms with E-state index in [0.29, 0.717) is 11.5 Å². The van der Waals surface area contributed by atoms with Gasteiger partial charge in [0.05, 0.1) is 22.8 Å². The molecule has 0 unspecified atom stereocenters. The van der Waals surface area contributed by atoms with Gasteiger partial charge in [-0.05, 0) is 60.2 Å². The number of sulfonamides is 1. The molecular formula is C24H22FN5O4S. The zero-order chi connectivity index (χ0) is 24.8. The molecule has 4 rings (SSSR count). The number of carbonyl (C=O) groups is 1. The molecule has 0 aliphatic heterocycles. The van der Waals surface area contributed by atoms with Crippen LogP contribution in [0.4, 0.5) is 10.2 Å². The molecule has 0 amide bonds. The summed E-state index contributed by atoms with van der Waals surface area (Å²) in [7, 11) is -4.01. The first-order chi connectivity index (χ1) is 16.8. The van der Waals surface area contributed by atoms with Gasteiger partial charge in [0, 0.05) is 18.9 Å². The Morgan fingerprint density at radius 3 is 2.40 bits per heavy atom. The highest BCUT2D eigenvalue weighted by molar-refractivity contribution is 7.89. The third kappa shape index (κ3) is 6.08. The summed E-state index contributed by atoms with van der Waals surface area (Å²) in [6, 6.07) is 18.6. The van der Waals surface area contributed by atoms with Gasteiger partial charge < -0.3 is 10.4 Å². The molecular weight excluding hydrogens is 473 g/mol. The summed E-state index contributed by atoms with van der Waals surface area (Å²) in [5, 5.41) is 15.7. The molecule has 11 heteroatoms. The van der Waals surface area contributed by atoms with Crippen molar-refractivity contribution in [1.29, 1.82) is 0 Å². The minimum absolute atomic E-state index is 0.0353. The van der Waals surface area contributed by atoms with Gasteiger partial charge in [0.25, 0.3) is 0 Å². The first-order valence-electron chi connectivity index (χ1n) is 10.6. The Morgan fingerprint density at radius 1 is 1.00 bits per heavy atom. The number of hydrogen-bond donors (Lipinski definition) is 2. The third-order valence-corrected chi connectivity index (χ3v) is 6.89. The Bertz CT molecular complexity index is 1390. The van der Waals surface area contributed by atoms with Gasteiger partial charge in [0.1, 0.15) is 18.2 Å². The number of nitrogens with one attached hydrogen (secondary N) is 1. The first kappa shape index (κ1) is 24.0. The quantitative estimate of drug-likeness (QED) is 0.347. The Balaban J connectivity index is 1.62. The standard InChI is InChI=1S/C24H22FN5O4S/c25-19-7-11-22(12-8-19)35(33,34)29(17-20-3-1-4-23(28-20)26-15-24(31)32)16-18-5-9-21(10-6-18)30-14-2-13-27-30/h1-14H,15-17H2,(H,26,28)(H,31,32). The lowest BCUT2D eigenvalue weighted by Gasteiger charge is -2.22. The van der Waals surface area contributed by atoms with Crippen molar-refractivity contribution < 1.29 is 22.7 Å². The van der Waals surface area contributed by atoms with E-state index >= 15 is 0 Å². The highest BCUT2D eigenvalue weighted by Crippen LogP contribution is 2.22. The monoisotopic (exact) mass is 495 g/mol. The van der Waals surface area contributed by atoms with Crippen LogP contribution in [-0.2, 0) is 27.9 Å². The molecule has 9 nitrogen and oxygen atoms in total. The predicted octanol–water partition coefficient (Wildman–Crippen LogP) is 3.29. The van der Waals surface area contributed by atoms with Crippen LogP contribution in [0.15, 0.2) is 90.1 Å². The molecule has 0 fully saturated rings. The minimum Gasteiger partial charge on any atom is -0.480 e. The summed E-state index contributed by atoms with van der Waals surface area (Å²) in [6.45, 7) is -0.368. The smallest absolute Gasteiger partial charge is 0.322 e. The number of carboxylic acids is 1. The molecule has 0 saturated heterocycles. The van der Waals surface area contributed by atoms with Crippen molar-refractivity contribution in [2.75, 3.05) is 11.9 Å². The van der Waals surface area contributed by atoms with Gasteiger partial charge in [-0.3, -0.25) is 4.79 Å². The topological polar surface area (TPSA) is 117 Å². The highest BCUT2D eigenvalue weighted by atomic mass is 32.2. The van der Waals surface area contributed by atoms with E-state index in [2.05, 4.69) is 15.4 Å². The van der Waals surface area contributed by atoms with Crippen LogP contribution in [-0.4, -0.2) is 45.1 Å². The summed E-state index contributed by atoms with van der Waals surface area (Å²) in [6.07, 6.45) is 3.47. The fourth-order valence-electron chi connectivity index (χ4n) is 3.37. The van der Waals surface area contributed by atoms with Gasteiger partial charge in [0.15, 0.2) is 0 Å². The predicted molar refractivity (Wildman–Crippen MR) is 127 cm³/mol. The van der Waals surface area contributed by atoms with Crippen LogP contribution in [0.5, 0.6) is 0 Å². The summed E-state index contributed by atoms with van der Waals surface area (Å²) in [5.74, 6) is -1.27. The number of nitrogens with zero attached hydrogens (tertiary/aromatic N) is 4. The SMILES string of the molecule is O=C(O)CNc1cccc(CN(Cc2ccc(-n3cccn3)cc2)S(=O)(=O)c2ccc(F)cc2)n1. The van der Waals surface area contributed by atoms with E-state index in [1.54, 1.807) is 41.3 Å². The van der Waals surface area contributed by atoms with E-state index in [0.717, 1.165) is 23.4 Å². The maximum absolute atomic E-state index is 13.5. The second-order valence-corrected chi connectivity index (χ2v) is 9.54. The van der Waals surface area contributed by atoms with E-state index < -0.39 is 21.8 Å². The lowest BCUT2D eigenvalue weighted by Crippen LogP contribution is -2.30. The van der Waals surface area contributed by atoms with Crippen molar-refractivity contribution in [3.63, 3.8) is 0 Å². The minimum atomic E-state index is -4.01. The van der Waals surface area contributed by atoms with Crippen LogP contribution in [0, 0.1) is 5.82 Å². The number of rotatable bonds is 10. The number of anilines is 1. The molecule has 0 atom stereocenters. The van der Waals surface area contributed by atoms with Crippen molar-refractivity contribution in [1.82, 2.24) is 19.1 Å². The van der Waals surface area contributed by atoms with Crippen molar-refractivity contribution in [3.05, 3.63) is 102 Å². The van der Waals surface area contributed by atoms with Crippen LogP contribution < -0.4 is 5.32 Å². The van der Waals surface area contributed by atoms with E-state index in [1.165, 1.54) is 16.4 Å². The molecule has 0 saturated carbocycles. The van der Waals surface area contributed by atoms with Crippen LogP contribution in [0.3, 0.4) is 0 Å². The largest absolute Gasteiger partial charge is 0.480 e. The van der Waals surface area contributed by atoms with Crippen LogP contribution >= 0.6 is 0 Å². The summed E-state index contributed by atoms with van der Waals surface area (Å²) < 4.78 is 43.3.